The summed E-state index contributed by atoms with van der Waals surface area (Å²) in [5.74, 6) is 0.344. The van der Waals surface area contributed by atoms with Crippen molar-refractivity contribution in [3.8, 4) is 11.1 Å². The van der Waals surface area contributed by atoms with Gasteiger partial charge in [-0.1, -0.05) is 54.1 Å². The molecule has 0 fully saturated rings. The highest BCUT2D eigenvalue weighted by Crippen LogP contribution is 2.20. The van der Waals surface area contributed by atoms with Crippen LogP contribution in [0.1, 0.15) is 17.2 Å². The molecule has 0 aliphatic heterocycles. The van der Waals surface area contributed by atoms with Crippen molar-refractivity contribution in [2.24, 2.45) is 7.05 Å². The first-order valence-corrected chi connectivity index (χ1v) is 10.7. The number of rotatable bonds is 8. The Hall–Kier alpha value is -3.48. The third-order valence-electron chi connectivity index (χ3n) is 5.12. The third-order valence-corrected chi connectivity index (χ3v) is 5.38. The number of pyridine rings is 1. The molecular weight excluding hydrogens is 422 g/mol. The van der Waals surface area contributed by atoms with Gasteiger partial charge >= 0.3 is 0 Å². The Morgan fingerprint density at radius 2 is 1.78 bits per heavy atom. The van der Waals surface area contributed by atoms with Crippen LogP contribution in [0.3, 0.4) is 0 Å². The number of anilines is 1. The SMILES string of the molecule is Cn1cc(-c2ccc(NC(=O)[C@@H](NCCc3ccc(Cl)cc3)c3ccccc3)nc2)cn1. The Bertz CT molecular complexity index is 1160. The Morgan fingerprint density at radius 1 is 1.00 bits per heavy atom. The van der Waals surface area contributed by atoms with Gasteiger partial charge in [0, 0.05) is 42.1 Å². The van der Waals surface area contributed by atoms with Gasteiger partial charge in [0.05, 0.1) is 6.20 Å². The molecule has 32 heavy (non-hydrogen) atoms. The van der Waals surface area contributed by atoms with Crippen LogP contribution in [0.2, 0.25) is 5.02 Å². The number of amides is 1. The minimum Gasteiger partial charge on any atom is -0.309 e. The summed E-state index contributed by atoms with van der Waals surface area (Å²) >= 11 is 5.96. The normalized spacial score (nSPS) is 11.8. The molecule has 0 aliphatic rings. The Kier molecular flexibility index (Phi) is 6.94. The molecule has 2 N–H and O–H groups in total. The van der Waals surface area contributed by atoms with E-state index >= 15 is 0 Å². The number of carbonyl (C=O) groups excluding carboxylic acids is 1. The quantitative estimate of drug-likeness (QED) is 0.414. The number of aryl methyl sites for hydroxylation is 1. The predicted octanol–water partition coefficient (Wildman–Crippen LogP) is 4.65. The second-order valence-electron chi connectivity index (χ2n) is 7.50. The fourth-order valence-electron chi connectivity index (χ4n) is 3.43. The van der Waals surface area contributed by atoms with Gasteiger partial charge in [-0.2, -0.15) is 5.10 Å². The molecule has 0 unspecified atom stereocenters. The minimum atomic E-state index is -0.497. The number of benzene rings is 2. The molecule has 0 saturated carbocycles. The summed E-state index contributed by atoms with van der Waals surface area (Å²) < 4.78 is 1.74. The first-order valence-electron chi connectivity index (χ1n) is 10.4. The molecular formula is C25H24ClN5O. The van der Waals surface area contributed by atoms with Crippen LogP contribution in [0, 0.1) is 0 Å². The van der Waals surface area contributed by atoms with Crippen molar-refractivity contribution in [1.82, 2.24) is 20.1 Å². The van der Waals surface area contributed by atoms with Crippen molar-refractivity contribution < 1.29 is 4.79 Å². The topological polar surface area (TPSA) is 71.8 Å². The van der Waals surface area contributed by atoms with E-state index in [9.17, 15) is 4.79 Å². The summed E-state index contributed by atoms with van der Waals surface area (Å²) in [4.78, 5) is 17.5. The molecule has 4 aromatic rings. The van der Waals surface area contributed by atoms with Gasteiger partial charge in [0.15, 0.2) is 0 Å². The molecule has 0 bridgehead atoms. The molecule has 6 nitrogen and oxygen atoms in total. The average molecular weight is 446 g/mol. The fraction of sp³-hybridized carbons (Fsp3) is 0.160. The van der Waals surface area contributed by atoms with E-state index in [2.05, 4.69) is 20.7 Å². The van der Waals surface area contributed by atoms with E-state index in [4.69, 9.17) is 11.6 Å². The highest BCUT2D eigenvalue weighted by molar-refractivity contribution is 6.30. The molecule has 4 rings (SSSR count). The predicted molar refractivity (Wildman–Crippen MR) is 127 cm³/mol. The molecule has 7 heteroatoms. The van der Waals surface area contributed by atoms with E-state index in [1.54, 1.807) is 23.1 Å². The Morgan fingerprint density at radius 3 is 2.44 bits per heavy atom. The van der Waals surface area contributed by atoms with E-state index in [1.165, 1.54) is 0 Å². The highest BCUT2D eigenvalue weighted by Gasteiger charge is 2.20. The monoisotopic (exact) mass is 445 g/mol. The van der Waals surface area contributed by atoms with E-state index in [-0.39, 0.29) is 5.91 Å². The van der Waals surface area contributed by atoms with Crippen LogP contribution >= 0.6 is 11.6 Å². The van der Waals surface area contributed by atoms with Crippen LogP contribution in [0.4, 0.5) is 5.82 Å². The van der Waals surface area contributed by atoms with Gasteiger partial charge in [0.2, 0.25) is 5.91 Å². The summed E-state index contributed by atoms with van der Waals surface area (Å²) in [7, 11) is 1.87. The lowest BCUT2D eigenvalue weighted by atomic mass is 10.1. The van der Waals surface area contributed by atoms with Crippen molar-refractivity contribution in [3.05, 3.63) is 101 Å². The van der Waals surface area contributed by atoms with Crippen molar-refractivity contribution in [2.75, 3.05) is 11.9 Å². The lowest BCUT2D eigenvalue weighted by molar-refractivity contribution is -0.118. The Labute approximate surface area is 192 Å². The van der Waals surface area contributed by atoms with Crippen LogP contribution in [-0.2, 0) is 18.3 Å². The molecule has 0 spiro atoms. The molecule has 2 aromatic heterocycles. The molecule has 2 heterocycles. The van der Waals surface area contributed by atoms with Gasteiger partial charge in [-0.15, -0.1) is 0 Å². The van der Waals surface area contributed by atoms with Gasteiger partial charge in [0.1, 0.15) is 11.9 Å². The zero-order valence-corrected chi connectivity index (χ0v) is 18.5. The lowest BCUT2D eigenvalue weighted by Gasteiger charge is -2.19. The van der Waals surface area contributed by atoms with Gasteiger partial charge in [-0.3, -0.25) is 9.48 Å². The average Bonchev–Trinajstić information content (AvgIpc) is 3.25. The first kappa shape index (κ1) is 21.7. The van der Waals surface area contributed by atoms with Crippen LogP contribution in [0.15, 0.2) is 85.3 Å². The van der Waals surface area contributed by atoms with Crippen LogP contribution in [0.5, 0.6) is 0 Å². The highest BCUT2D eigenvalue weighted by atomic mass is 35.5. The molecule has 0 saturated heterocycles. The maximum absolute atomic E-state index is 13.1. The number of hydrogen-bond donors (Lipinski definition) is 2. The van der Waals surface area contributed by atoms with Crippen LogP contribution < -0.4 is 10.6 Å². The summed E-state index contributed by atoms with van der Waals surface area (Å²) in [6, 6.07) is 20.6. The van der Waals surface area contributed by atoms with Crippen LogP contribution in [0.25, 0.3) is 11.1 Å². The number of halogens is 1. The molecule has 2 aromatic carbocycles. The number of nitrogens with zero attached hydrogens (tertiary/aromatic N) is 3. The maximum atomic E-state index is 13.1. The van der Waals surface area contributed by atoms with Crippen molar-refractivity contribution in [3.63, 3.8) is 0 Å². The number of hydrogen-bond acceptors (Lipinski definition) is 4. The number of aromatic nitrogens is 3. The number of nitrogens with one attached hydrogen (secondary N) is 2. The second-order valence-corrected chi connectivity index (χ2v) is 7.93. The van der Waals surface area contributed by atoms with Gasteiger partial charge in [-0.05, 0) is 41.8 Å². The summed E-state index contributed by atoms with van der Waals surface area (Å²) in [5.41, 5.74) is 3.97. The molecule has 1 atom stereocenters. The summed E-state index contributed by atoms with van der Waals surface area (Å²) in [6.07, 6.45) is 6.22. The van der Waals surface area contributed by atoms with Crippen molar-refractivity contribution >= 4 is 23.3 Å². The first-order chi connectivity index (χ1) is 15.6. The largest absolute Gasteiger partial charge is 0.309 e. The van der Waals surface area contributed by atoms with Crippen LogP contribution in [-0.4, -0.2) is 27.2 Å². The van der Waals surface area contributed by atoms with E-state index in [0.29, 0.717) is 17.4 Å². The maximum Gasteiger partial charge on any atom is 0.247 e. The molecule has 1 amide bonds. The zero-order chi connectivity index (χ0) is 22.3. The van der Waals surface area contributed by atoms with E-state index in [0.717, 1.165) is 28.7 Å². The number of carbonyl (C=O) groups is 1. The standard InChI is InChI=1S/C25H24ClN5O/c1-31-17-21(16-29-31)20-9-12-23(28-15-20)30-25(32)24(19-5-3-2-4-6-19)27-14-13-18-7-10-22(26)11-8-18/h2-12,15-17,24,27H,13-14H2,1H3,(H,28,30,32)/t24-/m0/s1. The minimum absolute atomic E-state index is 0.158. The lowest BCUT2D eigenvalue weighted by Crippen LogP contribution is -2.34. The van der Waals surface area contributed by atoms with Crippen molar-refractivity contribution in [1.29, 1.82) is 0 Å². The fourth-order valence-corrected chi connectivity index (χ4v) is 3.55. The van der Waals surface area contributed by atoms with Gasteiger partial charge in [0.25, 0.3) is 0 Å². The summed E-state index contributed by atoms with van der Waals surface area (Å²) in [5, 5.41) is 11.2. The summed E-state index contributed by atoms with van der Waals surface area (Å²) in [6.45, 7) is 0.641. The molecule has 0 aliphatic carbocycles. The third kappa shape index (κ3) is 5.60. The van der Waals surface area contributed by atoms with Gasteiger partial charge in [-0.25, -0.2) is 4.98 Å². The van der Waals surface area contributed by atoms with Gasteiger partial charge < -0.3 is 10.6 Å². The second kappa shape index (κ2) is 10.2. The molecule has 162 valence electrons. The zero-order valence-electron chi connectivity index (χ0n) is 17.7. The Balaban J connectivity index is 1.43. The van der Waals surface area contributed by atoms with E-state index in [1.807, 2.05) is 73.9 Å². The van der Waals surface area contributed by atoms with E-state index < -0.39 is 6.04 Å². The smallest absolute Gasteiger partial charge is 0.247 e. The van der Waals surface area contributed by atoms with Crippen molar-refractivity contribution in [2.45, 2.75) is 12.5 Å². The molecule has 0 radical (unpaired) electrons.